The maximum absolute atomic E-state index is 11.0. The fourth-order valence-electron chi connectivity index (χ4n) is 0.922. The SMILES string of the molecule is Cc1cc(Br)cc(S(N)(=O)=O)c1O. The van der Waals surface area contributed by atoms with Crippen LogP contribution < -0.4 is 5.14 Å². The molecule has 0 fully saturated rings. The van der Waals surface area contributed by atoms with Gasteiger partial charge in [-0.05, 0) is 24.6 Å². The van der Waals surface area contributed by atoms with E-state index in [1.807, 2.05) is 0 Å². The lowest BCUT2D eigenvalue weighted by Crippen LogP contribution is -2.12. The van der Waals surface area contributed by atoms with Crippen LogP contribution in [0.3, 0.4) is 0 Å². The Morgan fingerprint density at radius 3 is 2.46 bits per heavy atom. The van der Waals surface area contributed by atoms with E-state index in [1.165, 1.54) is 6.07 Å². The van der Waals surface area contributed by atoms with Crippen molar-refractivity contribution in [1.29, 1.82) is 0 Å². The van der Waals surface area contributed by atoms with Crippen molar-refractivity contribution in [2.24, 2.45) is 5.14 Å². The highest BCUT2D eigenvalue weighted by molar-refractivity contribution is 9.10. The molecule has 0 heterocycles. The smallest absolute Gasteiger partial charge is 0.241 e. The topological polar surface area (TPSA) is 80.4 Å². The maximum Gasteiger partial charge on any atom is 0.241 e. The molecule has 1 aromatic rings. The second kappa shape index (κ2) is 3.28. The predicted molar refractivity (Wildman–Crippen MR) is 51.9 cm³/mol. The highest BCUT2D eigenvalue weighted by Crippen LogP contribution is 2.29. The van der Waals surface area contributed by atoms with Crippen molar-refractivity contribution >= 4 is 26.0 Å². The lowest BCUT2D eigenvalue weighted by molar-refractivity contribution is 0.454. The lowest BCUT2D eigenvalue weighted by atomic mass is 10.2. The van der Waals surface area contributed by atoms with Crippen molar-refractivity contribution in [3.63, 3.8) is 0 Å². The standard InChI is InChI=1S/C7H8BrNO3S/c1-4-2-5(8)3-6(7(4)10)13(9,11)12/h2-3,10H,1H3,(H2,9,11,12). The molecule has 0 spiro atoms. The summed E-state index contributed by atoms with van der Waals surface area (Å²) in [6.45, 7) is 1.59. The summed E-state index contributed by atoms with van der Waals surface area (Å²) in [5.41, 5.74) is 0.457. The van der Waals surface area contributed by atoms with E-state index in [4.69, 9.17) is 5.14 Å². The van der Waals surface area contributed by atoms with Crippen LogP contribution >= 0.6 is 15.9 Å². The molecular formula is C7H8BrNO3S. The molecule has 13 heavy (non-hydrogen) atoms. The van der Waals surface area contributed by atoms with Gasteiger partial charge >= 0.3 is 0 Å². The number of aryl methyl sites for hydroxylation is 1. The number of rotatable bonds is 1. The number of hydrogen-bond acceptors (Lipinski definition) is 3. The Morgan fingerprint density at radius 1 is 1.46 bits per heavy atom. The summed E-state index contributed by atoms with van der Waals surface area (Å²) in [5, 5.41) is 14.3. The molecule has 0 radical (unpaired) electrons. The number of nitrogens with two attached hydrogens (primary N) is 1. The minimum Gasteiger partial charge on any atom is -0.506 e. The van der Waals surface area contributed by atoms with Gasteiger partial charge in [-0.3, -0.25) is 0 Å². The summed E-state index contributed by atoms with van der Waals surface area (Å²) in [5.74, 6) is -0.300. The highest BCUT2D eigenvalue weighted by atomic mass is 79.9. The average Bonchev–Trinajstić information content (AvgIpc) is 1.94. The van der Waals surface area contributed by atoms with Crippen molar-refractivity contribution in [1.82, 2.24) is 0 Å². The van der Waals surface area contributed by atoms with Crippen LogP contribution in [0.15, 0.2) is 21.5 Å². The normalized spacial score (nSPS) is 11.6. The number of phenols is 1. The average molecular weight is 266 g/mol. The van der Waals surface area contributed by atoms with Gasteiger partial charge in [0.2, 0.25) is 10.0 Å². The molecule has 0 saturated heterocycles. The van der Waals surface area contributed by atoms with E-state index in [0.29, 0.717) is 10.0 Å². The number of phenolic OH excluding ortho intramolecular Hbond substituents is 1. The molecule has 0 atom stereocenters. The van der Waals surface area contributed by atoms with Crippen LogP contribution in [0.25, 0.3) is 0 Å². The third-order valence-corrected chi connectivity index (χ3v) is 2.92. The summed E-state index contributed by atoms with van der Waals surface area (Å²) in [6.07, 6.45) is 0. The first kappa shape index (κ1) is 10.5. The molecule has 0 aliphatic rings. The van der Waals surface area contributed by atoms with E-state index >= 15 is 0 Å². The first-order chi connectivity index (χ1) is 5.82. The van der Waals surface area contributed by atoms with Gasteiger partial charge in [-0.1, -0.05) is 15.9 Å². The largest absolute Gasteiger partial charge is 0.506 e. The third kappa shape index (κ3) is 2.20. The van der Waals surface area contributed by atoms with E-state index in [0.717, 1.165) is 0 Å². The van der Waals surface area contributed by atoms with E-state index in [9.17, 15) is 13.5 Å². The number of hydrogen-bond donors (Lipinski definition) is 2. The zero-order valence-corrected chi connectivity index (χ0v) is 9.18. The summed E-state index contributed by atoms with van der Waals surface area (Å²) in [7, 11) is -3.86. The van der Waals surface area contributed by atoms with Gasteiger partial charge in [0.25, 0.3) is 0 Å². The quantitative estimate of drug-likeness (QED) is 0.799. The zero-order chi connectivity index (χ0) is 10.2. The van der Waals surface area contributed by atoms with Gasteiger partial charge in [0.15, 0.2) is 0 Å². The zero-order valence-electron chi connectivity index (χ0n) is 6.78. The van der Waals surface area contributed by atoms with Crippen LogP contribution in [0.2, 0.25) is 0 Å². The number of aromatic hydroxyl groups is 1. The van der Waals surface area contributed by atoms with Crippen LogP contribution in [0.4, 0.5) is 0 Å². The fourth-order valence-corrected chi connectivity index (χ4v) is 2.37. The Morgan fingerprint density at radius 2 is 2.00 bits per heavy atom. The minimum atomic E-state index is -3.86. The van der Waals surface area contributed by atoms with Gasteiger partial charge in [-0.25, -0.2) is 13.6 Å². The maximum atomic E-state index is 11.0. The second-order valence-corrected chi connectivity index (χ2v) is 5.06. The van der Waals surface area contributed by atoms with E-state index in [2.05, 4.69) is 15.9 Å². The molecule has 3 N–H and O–H groups in total. The van der Waals surface area contributed by atoms with Gasteiger partial charge in [-0.15, -0.1) is 0 Å². The molecule has 0 unspecified atom stereocenters. The summed E-state index contributed by atoms with van der Waals surface area (Å²) < 4.78 is 22.5. The molecule has 6 heteroatoms. The van der Waals surface area contributed by atoms with Crippen LogP contribution in [0.5, 0.6) is 5.75 Å². The van der Waals surface area contributed by atoms with Gasteiger partial charge in [0.1, 0.15) is 10.6 Å². The van der Waals surface area contributed by atoms with E-state index in [1.54, 1.807) is 13.0 Å². The van der Waals surface area contributed by atoms with Crippen LogP contribution in [-0.4, -0.2) is 13.5 Å². The fraction of sp³-hybridized carbons (Fsp3) is 0.143. The Hall–Kier alpha value is -0.590. The van der Waals surface area contributed by atoms with Crippen LogP contribution in [-0.2, 0) is 10.0 Å². The van der Waals surface area contributed by atoms with Crippen molar-refractivity contribution < 1.29 is 13.5 Å². The Bertz CT molecular complexity index is 441. The Kier molecular flexibility index (Phi) is 2.65. The Balaban J connectivity index is 3.56. The molecule has 72 valence electrons. The summed E-state index contributed by atoms with van der Waals surface area (Å²) in [4.78, 5) is -0.264. The minimum absolute atomic E-state index is 0.264. The van der Waals surface area contributed by atoms with Crippen molar-refractivity contribution in [3.8, 4) is 5.75 Å². The monoisotopic (exact) mass is 265 g/mol. The van der Waals surface area contributed by atoms with Crippen molar-refractivity contribution in [3.05, 3.63) is 22.2 Å². The van der Waals surface area contributed by atoms with Crippen molar-refractivity contribution in [2.45, 2.75) is 11.8 Å². The lowest BCUT2D eigenvalue weighted by Gasteiger charge is -2.05. The Labute approximate surface area is 84.6 Å². The molecule has 0 saturated carbocycles. The number of primary sulfonamides is 1. The molecular weight excluding hydrogens is 258 g/mol. The van der Waals surface area contributed by atoms with Crippen LogP contribution in [0.1, 0.15) is 5.56 Å². The molecule has 1 aromatic carbocycles. The van der Waals surface area contributed by atoms with Gasteiger partial charge in [0, 0.05) is 4.47 Å². The van der Waals surface area contributed by atoms with Gasteiger partial charge in [0.05, 0.1) is 0 Å². The summed E-state index contributed by atoms with van der Waals surface area (Å²) in [6, 6.07) is 2.86. The van der Waals surface area contributed by atoms with Gasteiger partial charge < -0.3 is 5.11 Å². The predicted octanol–water partition coefficient (Wildman–Crippen LogP) is 1.11. The molecule has 0 aliphatic carbocycles. The second-order valence-electron chi connectivity index (χ2n) is 2.61. The van der Waals surface area contributed by atoms with Crippen molar-refractivity contribution in [2.75, 3.05) is 0 Å². The first-order valence-electron chi connectivity index (χ1n) is 3.34. The molecule has 4 nitrogen and oxygen atoms in total. The molecule has 0 bridgehead atoms. The first-order valence-corrected chi connectivity index (χ1v) is 5.68. The number of sulfonamides is 1. The molecule has 0 aliphatic heterocycles. The molecule has 0 aromatic heterocycles. The third-order valence-electron chi connectivity index (χ3n) is 1.54. The summed E-state index contributed by atoms with van der Waals surface area (Å²) >= 11 is 3.11. The number of benzene rings is 1. The van der Waals surface area contributed by atoms with Crippen LogP contribution in [0, 0.1) is 6.92 Å². The number of halogens is 1. The van der Waals surface area contributed by atoms with E-state index < -0.39 is 10.0 Å². The van der Waals surface area contributed by atoms with Gasteiger partial charge in [-0.2, -0.15) is 0 Å². The molecule has 1 rings (SSSR count). The highest BCUT2D eigenvalue weighted by Gasteiger charge is 2.15. The van der Waals surface area contributed by atoms with E-state index in [-0.39, 0.29) is 10.6 Å². The molecule has 0 amide bonds.